The number of likely N-dealkylation sites (tertiary alicyclic amines) is 1. The van der Waals surface area contributed by atoms with Crippen molar-refractivity contribution >= 4 is 17.5 Å². The van der Waals surface area contributed by atoms with Gasteiger partial charge in [0.25, 0.3) is 5.91 Å². The number of carbonyl (C=O) groups excluding carboxylic acids is 2. The molecule has 1 aromatic carbocycles. The molecule has 288 valence electrons. The monoisotopic (exact) mass is 705 g/mol. The first kappa shape index (κ1) is 44.3. The van der Waals surface area contributed by atoms with Gasteiger partial charge in [0.2, 0.25) is 5.91 Å². The van der Waals surface area contributed by atoms with E-state index in [4.69, 9.17) is 10.7 Å². The highest BCUT2D eigenvalue weighted by Gasteiger charge is 2.39. The molecule has 1 unspecified atom stereocenters. The van der Waals surface area contributed by atoms with Crippen LogP contribution >= 0.6 is 0 Å². The van der Waals surface area contributed by atoms with Gasteiger partial charge < -0.3 is 16.0 Å². The number of amides is 2. The van der Waals surface area contributed by atoms with Crippen LogP contribution in [0.5, 0.6) is 0 Å². The number of aliphatic imine (C=N–C) groups is 1. The lowest BCUT2D eigenvalue weighted by Crippen LogP contribution is -2.58. The van der Waals surface area contributed by atoms with Crippen molar-refractivity contribution in [2.45, 2.75) is 183 Å². The summed E-state index contributed by atoms with van der Waals surface area (Å²) in [6.45, 7) is 21.9. The maximum absolute atomic E-state index is 13.1. The van der Waals surface area contributed by atoms with E-state index in [0.29, 0.717) is 25.2 Å². The van der Waals surface area contributed by atoms with Gasteiger partial charge in [0.15, 0.2) is 0 Å². The predicted molar refractivity (Wildman–Crippen MR) is 219 cm³/mol. The molecule has 2 aliphatic heterocycles. The van der Waals surface area contributed by atoms with Crippen molar-refractivity contribution in [3.63, 3.8) is 0 Å². The van der Waals surface area contributed by atoms with Crippen molar-refractivity contribution in [2.75, 3.05) is 19.6 Å². The standard InChI is InChI=1S/C23H34N4O2.C9H12.C9H20.C4H10/c1-16(17-5-2-6-17)15-25-19-8-3-7-18(19)21(24)22(29)27-13-11-23(12-14-27)10-4-9-20(28)26-23;1-7-5-4-6-8(2)9(7)3;1-4-6-7-8-9(3)5-2;1-3-4-2/h2-15,24H2,1H3,(H,26,28);4-6H,1-3H3;9H,4-8H2,1-3H3;3-4H2,1-2H3/b21-18-,25-19?;;;. The second kappa shape index (κ2) is 23.6. The van der Waals surface area contributed by atoms with E-state index in [-0.39, 0.29) is 17.4 Å². The van der Waals surface area contributed by atoms with E-state index in [9.17, 15) is 9.59 Å². The van der Waals surface area contributed by atoms with Crippen LogP contribution in [0, 0.1) is 26.7 Å². The number of benzene rings is 1. The summed E-state index contributed by atoms with van der Waals surface area (Å²) in [6, 6.07) is 6.38. The quantitative estimate of drug-likeness (QED) is 0.152. The van der Waals surface area contributed by atoms with Crippen LogP contribution in [-0.4, -0.2) is 47.6 Å². The number of nitrogens with one attached hydrogen (secondary N) is 1. The van der Waals surface area contributed by atoms with E-state index >= 15 is 0 Å². The third kappa shape index (κ3) is 14.9. The van der Waals surface area contributed by atoms with Crippen molar-refractivity contribution in [3.05, 3.63) is 57.3 Å². The molecule has 0 bridgehead atoms. The van der Waals surface area contributed by atoms with Gasteiger partial charge in [0, 0.05) is 36.3 Å². The molecule has 4 fully saturated rings. The fraction of sp³-hybridized carbons (Fsp3) is 0.711. The lowest BCUT2D eigenvalue weighted by Gasteiger charge is -2.44. The molecule has 5 rings (SSSR count). The zero-order valence-corrected chi connectivity index (χ0v) is 34.4. The molecule has 2 saturated carbocycles. The molecule has 0 radical (unpaired) electrons. The Balaban J connectivity index is 0.000000333. The number of piperidine rings is 2. The van der Waals surface area contributed by atoms with Crippen LogP contribution in [0.4, 0.5) is 0 Å². The summed E-state index contributed by atoms with van der Waals surface area (Å²) in [5.41, 5.74) is 15.8. The Kier molecular flexibility index (Phi) is 20.5. The Morgan fingerprint density at radius 3 is 2.02 bits per heavy atom. The van der Waals surface area contributed by atoms with Gasteiger partial charge in [-0.3, -0.25) is 14.6 Å². The van der Waals surface area contributed by atoms with E-state index < -0.39 is 0 Å². The van der Waals surface area contributed by atoms with Crippen molar-refractivity contribution in [1.29, 1.82) is 0 Å². The van der Waals surface area contributed by atoms with Crippen molar-refractivity contribution in [1.82, 2.24) is 10.2 Å². The summed E-state index contributed by atoms with van der Waals surface area (Å²) >= 11 is 0. The molecule has 1 atom stereocenters. The van der Waals surface area contributed by atoms with Crippen LogP contribution in [0.2, 0.25) is 0 Å². The fourth-order valence-corrected chi connectivity index (χ4v) is 6.96. The molecule has 3 N–H and O–H groups in total. The molecule has 2 amide bonds. The summed E-state index contributed by atoms with van der Waals surface area (Å²) in [5.74, 6) is 1.05. The zero-order chi connectivity index (χ0) is 37.8. The minimum atomic E-state index is -0.111. The maximum Gasteiger partial charge on any atom is 0.270 e. The number of aryl methyl sites for hydroxylation is 2. The first-order valence-electron chi connectivity index (χ1n) is 20.7. The van der Waals surface area contributed by atoms with E-state index in [1.807, 2.05) is 4.90 Å². The predicted octanol–water partition coefficient (Wildman–Crippen LogP) is 11.0. The summed E-state index contributed by atoms with van der Waals surface area (Å²) in [4.78, 5) is 31.6. The molecule has 1 spiro atoms. The minimum Gasteiger partial charge on any atom is -0.394 e. The first-order chi connectivity index (χ1) is 24.4. The number of hydrogen-bond donors (Lipinski definition) is 2. The van der Waals surface area contributed by atoms with E-state index in [1.165, 1.54) is 86.5 Å². The van der Waals surface area contributed by atoms with E-state index in [1.54, 1.807) is 5.57 Å². The maximum atomic E-state index is 13.1. The molecule has 51 heavy (non-hydrogen) atoms. The van der Waals surface area contributed by atoms with Gasteiger partial charge in [-0.25, -0.2) is 0 Å². The smallest absolute Gasteiger partial charge is 0.270 e. The third-order valence-corrected chi connectivity index (χ3v) is 11.7. The second-order valence-corrected chi connectivity index (χ2v) is 15.7. The van der Waals surface area contributed by atoms with Crippen LogP contribution in [-0.2, 0) is 9.59 Å². The Bertz CT molecular complexity index is 1290. The van der Waals surface area contributed by atoms with E-state index in [0.717, 1.165) is 68.7 Å². The van der Waals surface area contributed by atoms with Crippen LogP contribution in [0.15, 0.2) is 45.6 Å². The number of hydrogen-bond acceptors (Lipinski definition) is 4. The van der Waals surface area contributed by atoms with Gasteiger partial charge in [0.1, 0.15) is 5.70 Å². The molecule has 2 heterocycles. The third-order valence-electron chi connectivity index (χ3n) is 11.7. The van der Waals surface area contributed by atoms with Gasteiger partial charge in [-0.05, 0) is 115 Å². The topological polar surface area (TPSA) is 87.8 Å². The van der Waals surface area contributed by atoms with Gasteiger partial charge in [-0.2, -0.15) is 0 Å². The van der Waals surface area contributed by atoms with Crippen LogP contribution in [0.25, 0.3) is 0 Å². The van der Waals surface area contributed by atoms with Crippen molar-refractivity contribution in [3.8, 4) is 0 Å². The number of unbranched alkanes of at least 4 members (excludes halogenated alkanes) is 3. The Morgan fingerprint density at radius 2 is 1.51 bits per heavy atom. The largest absolute Gasteiger partial charge is 0.394 e. The van der Waals surface area contributed by atoms with Crippen LogP contribution in [0.1, 0.15) is 174 Å². The highest BCUT2D eigenvalue weighted by Crippen LogP contribution is 2.32. The average molecular weight is 705 g/mol. The molecular weight excluding hydrogens is 629 g/mol. The Morgan fingerprint density at radius 1 is 0.882 bits per heavy atom. The number of rotatable bonds is 9. The number of nitrogens with two attached hydrogens (primary N) is 1. The summed E-state index contributed by atoms with van der Waals surface area (Å²) in [6.07, 6.45) is 20.4. The lowest BCUT2D eigenvalue weighted by molar-refractivity contribution is -0.130. The molecule has 2 aliphatic carbocycles. The first-order valence-corrected chi connectivity index (χ1v) is 20.7. The zero-order valence-electron chi connectivity index (χ0n) is 34.4. The number of allylic oxidation sites excluding steroid dienone is 2. The molecular formula is C45H76N4O2. The van der Waals surface area contributed by atoms with Gasteiger partial charge >= 0.3 is 0 Å². The number of nitrogens with zero attached hydrogens (tertiary/aromatic N) is 2. The molecule has 6 heteroatoms. The fourth-order valence-electron chi connectivity index (χ4n) is 6.96. The Labute approximate surface area is 313 Å². The van der Waals surface area contributed by atoms with E-state index in [2.05, 4.69) is 85.8 Å². The molecule has 0 aromatic heterocycles. The summed E-state index contributed by atoms with van der Waals surface area (Å²) < 4.78 is 0. The molecule has 2 saturated heterocycles. The van der Waals surface area contributed by atoms with Crippen molar-refractivity contribution in [2.24, 2.45) is 16.6 Å². The minimum absolute atomic E-state index is 0.0549. The molecule has 1 aromatic rings. The van der Waals surface area contributed by atoms with Crippen LogP contribution in [0.3, 0.4) is 0 Å². The lowest BCUT2D eigenvalue weighted by atomic mass is 9.80. The van der Waals surface area contributed by atoms with Crippen molar-refractivity contribution < 1.29 is 9.59 Å². The second-order valence-electron chi connectivity index (χ2n) is 15.7. The van der Waals surface area contributed by atoms with Gasteiger partial charge in [-0.15, -0.1) is 0 Å². The van der Waals surface area contributed by atoms with Gasteiger partial charge in [0.05, 0.1) is 6.54 Å². The highest BCUT2D eigenvalue weighted by molar-refractivity contribution is 6.09. The Hall–Kier alpha value is -2.89. The summed E-state index contributed by atoms with van der Waals surface area (Å²) in [7, 11) is 0. The van der Waals surface area contributed by atoms with Gasteiger partial charge in [-0.1, -0.05) is 109 Å². The molecule has 6 nitrogen and oxygen atoms in total. The average Bonchev–Trinajstić information content (AvgIpc) is 3.58. The SMILES string of the molecule is CC(CN=C1CCC/C1=C(/N)C(=O)N1CCC2(CCCC(=O)N2)CC1)=C1CCC1.CCCC.CCCCCC(C)CC.Cc1cccc(C)c1C. The normalized spacial score (nSPS) is 20.1. The number of carbonyl (C=O) groups is 2. The van der Waals surface area contributed by atoms with Crippen LogP contribution < -0.4 is 11.1 Å². The highest BCUT2D eigenvalue weighted by atomic mass is 16.2. The molecule has 4 aliphatic rings. The summed E-state index contributed by atoms with van der Waals surface area (Å²) in [5, 5.41) is 3.18.